The van der Waals surface area contributed by atoms with Gasteiger partial charge in [-0.15, -0.1) is 0 Å². The van der Waals surface area contributed by atoms with E-state index in [2.05, 4.69) is 10.1 Å². The lowest BCUT2D eigenvalue weighted by Gasteiger charge is -1.99. The Kier molecular flexibility index (Phi) is 2.38. The van der Waals surface area contributed by atoms with Gasteiger partial charge in [0.25, 0.3) is 0 Å². The average Bonchev–Trinajstić information content (AvgIpc) is 2.55. The Hall–Kier alpha value is -1.91. The Balaban J connectivity index is 2.81. The van der Waals surface area contributed by atoms with Crippen molar-refractivity contribution in [1.29, 1.82) is 0 Å². The Labute approximate surface area is 92.7 Å². The van der Waals surface area contributed by atoms with Crippen molar-refractivity contribution in [3.8, 4) is 0 Å². The fraction of sp³-hybridized carbons (Fsp3) is 0.364. The molecule has 2 heterocycles. The molecule has 0 fully saturated rings. The highest BCUT2D eigenvalue weighted by Crippen LogP contribution is 2.21. The van der Waals surface area contributed by atoms with Crippen molar-refractivity contribution in [1.82, 2.24) is 14.6 Å². The van der Waals surface area contributed by atoms with Crippen LogP contribution < -0.4 is 0 Å². The van der Waals surface area contributed by atoms with Gasteiger partial charge in [0.05, 0.1) is 5.69 Å². The maximum absolute atomic E-state index is 11.2. The van der Waals surface area contributed by atoms with Crippen molar-refractivity contribution in [2.45, 2.75) is 26.7 Å². The highest BCUT2D eigenvalue weighted by atomic mass is 16.4. The number of carboxylic acid groups (broad SMARTS) is 1. The number of hydrogen-bond acceptors (Lipinski definition) is 3. The second-order valence-electron chi connectivity index (χ2n) is 4.12. The maximum atomic E-state index is 11.2. The molecule has 5 heteroatoms. The minimum absolute atomic E-state index is 0.0631. The molecule has 2 aromatic rings. The van der Waals surface area contributed by atoms with Gasteiger partial charge in [-0.25, -0.2) is 14.3 Å². The van der Waals surface area contributed by atoms with E-state index in [1.165, 1.54) is 4.52 Å². The third-order valence-corrected chi connectivity index (χ3v) is 2.39. The lowest BCUT2D eigenvalue weighted by atomic mass is 10.1. The van der Waals surface area contributed by atoms with Crippen molar-refractivity contribution in [3.63, 3.8) is 0 Å². The quantitative estimate of drug-likeness (QED) is 0.837. The summed E-state index contributed by atoms with van der Waals surface area (Å²) in [5.74, 6) is -0.914. The summed E-state index contributed by atoms with van der Waals surface area (Å²) in [5, 5.41) is 13.4. The van der Waals surface area contributed by atoms with E-state index in [1.807, 2.05) is 20.8 Å². The first kappa shape index (κ1) is 10.6. The molecule has 0 aliphatic heterocycles. The van der Waals surface area contributed by atoms with Crippen LogP contribution in [-0.4, -0.2) is 25.7 Å². The molecular formula is C11H13N3O2. The van der Waals surface area contributed by atoms with Gasteiger partial charge in [-0.2, -0.15) is 5.10 Å². The number of carbonyl (C=O) groups is 1. The smallest absolute Gasteiger partial charge is 0.341 e. The minimum Gasteiger partial charge on any atom is -0.477 e. The third-order valence-electron chi connectivity index (χ3n) is 2.39. The average molecular weight is 219 g/mol. The minimum atomic E-state index is -0.977. The van der Waals surface area contributed by atoms with Gasteiger partial charge >= 0.3 is 5.97 Å². The predicted octanol–water partition coefficient (Wildman–Crippen LogP) is 1.86. The van der Waals surface area contributed by atoms with Crippen molar-refractivity contribution >= 4 is 11.6 Å². The summed E-state index contributed by atoms with van der Waals surface area (Å²) in [5.41, 5.74) is 2.13. The number of aryl methyl sites for hydroxylation is 1. The summed E-state index contributed by atoms with van der Waals surface area (Å²) in [4.78, 5) is 15.3. The first-order valence-electron chi connectivity index (χ1n) is 5.09. The van der Waals surface area contributed by atoms with E-state index in [-0.39, 0.29) is 11.5 Å². The molecule has 5 nitrogen and oxygen atoms in total. The number of aromatic carboxylic acids is 1. The first-order valence-corrected chi connectivity index (χ1v) is 5.09. The number of aromatic nitrogens is 3. The van der Waals surface area contributed by atoms with Crippen molar-refractivity contribution in [2.24, 2.45) is 0 Å². The van der Waals surface area contributed by atoms with Crippen molar-refractivity contribution in [2.75, 3.05) is 0 Å². The zero-order valence-corrected chi connectivity index (χ0v) is 9.43. The highest BCUT2D eigenvalue weighted by Gasteiger charge is 2.21. The molecule has 0 amide bonds. The number of hydrogen-bond donors (Lipinski definition) is 1. The van der Waals surface area contributed by atoms with Gasteiger partial charge in [-0.05, 0) is 18.4 Å². The standard InChI is InChI=1S/C11H13N3O2/c1-6(2)9-8(11(15)16)10-12-4-7(3)5-14(10)13-9/h4-6H,1-3H3,(H,15,16). The number of fused-ring (bicyclic) bond motifs is 1. The Morgan fingerprint density at radius 3 is 2.75 bits per heavy atom. The zero-order chi connectivity index (χ0) is 11.9. The predicted molar refractivity (Wildman–Crippen MR) is 58.8 cm³/mol. The molecule has 0 saturated carbocycles. The molecule has 0 atom stereocenters. The largest absolute Gasteiger partial charge is 0.477 e. The van der Waals surface area contributed by atoms with E-state index < -0.39 is 5.97 Å². The van der Waals surface area contributed by atoms with E-state index in [0.29, 0.717) is 11.3 Å². The molecule has 0 aliphatic carbocycles. The van der Waals surface area contributed by atoms with Gasteiger partial charge in [0.1, 0.15) is 5.56 Å². The molecule has 0 radical (unpaired) electrons. The van der Waals surface area contributed by atoms with Crippen molar-refractivity contribution in [3.05, 3.63) is 29.2 Å². The van der Waals surface area contributed by atoms with E-state index in [0.717, 1.165) is 5.56 Å². The Morgan fingerprint density at radius 1 is 1.50 bits per heavy atom. The number of rotatable bonds is 2. The zero-order valence-electron chi connectivity index (χ0n) is 9.43. The normalized spacial score (nSPS) is 11.2. The molecular weight excluding hydrogens is 206 g/mol. The maximum Gasteiger partial charge on any atom is 0.341 e. The molecule has 84 valence electrons. The van der Waals surface area contributed by atoms with Crippen LogP contribution in [0, 0.1) is 6.92 Å². The molecule has 0 saturated heterocycles. The van der Waals surface area contributed by atoms with Gasteiger partial charge in [0.2, 0.25) is 0 Å². The molecule has 2 rings (SSSR count). The molecule has 0 unspecified atom stereocenters. The van der Waals surface area contributed by atoms with E-state index in [4.69, 9.17) is 0 Å². The van der Waals surface area contributed by atoms with Crippen LogP contribution in [0.15, 0.2) is 12.4 Å². The molecule has 16 heavy (non-hydrogen) atoms. The summed E-state index contributed by atoms with van der Waals surface area (Å²) < 4.78 is 1.54. The Bertz CT molecular complexity index is 558. The van der Waals surface area contributed by atoms with E-state index in [9.17, 15) is 9.90 Å². The van der Waals surface area contributed by atoms with Crippen LogP contribution in [0.4, 0.5) is 0 Å². The molecule has 0 spiro atoms. The highest BCUT2D eigenvalue weighted by molar-refractivity contribution is 5.95. The van der Waals surface area contributed by atoms with Gasteiger partial charge in [-0.1, -0.05) is 13.8 Å². The topological polar surface area (TPSA) is 67.5 Å². The van der Waals surface area contributed by atoms with Crippen LogP contribution >= 0.6 is 0 Å². The summed E-state index contributed by atoms with van der Waals surface area (Å²) in [7, 11) is 0. The summed E-state index contributed by atoms with van der Waals surface area (Å²) in [6, 6.07) is 0. The molecule has 1 N–H and O–H groups in total. The number of carboxylic acids is 1. The fourth-order valence-corrected chi connectivity index (χ4v) is 1.65. The van der Waals surface area contributed by atoms with E-state index >= 15 is 0 Å². The summed E-state index contributed by atoms with van der Waals surface area (Å²) in [6.45, 7) is 5.73. The summed E-state index contributed by atoms with van der Waals surface area (Å²) in [6.07, 6.45) is 3.42. The lowest BCUT2D eigenvalue weighted by molar-refractivity contribution is 0.0697. The van der Waals surface area contributed by atoms with Gasteiger partial charge in [-0.3, -0.25) is 0 Å². The number of nitrogens with zero attached hydrogens (tertiary/aromatic N) is 3. The van der Waals surface area contributed by atoms with Gasteiger partial charge in [0.15, 0.2) is 5.65 Å². The van der Waals surface area contributed by atoms with Crippen LogP contribution in [0.3, 0.4) is 0 Å². The Morgan fingerprint density at radius 2 is 2.19 bits per heavy atom. The van der Waals surface area contributed by atoms with Crippen LogP contribution in [0.25, 0.3) is 5.65 Å². The molecule has 0 bridgehead atoms. The van der Waals surface area contributed by atoms with Crippen LogP contribution in [0.5, 0.6) is 0 Å². The monoisotopic (exact) mass is 219 g/mol. The molecule has 0 aliphatic rings. The second kappa shape index (κ2) is 3.59. The fourth-order valence-electron chi connectivity index (χ4n) is 1.65. The first-order chi connectivity index (χ1) is 7.50. The van der Waals surface area contributed by atoms with Crippen LogP contribution in [0.2, 0.25) is 0 Å². The van der Waals surface area contributed by atoms with Gasteiger partial charge < -0.3 is 5.11 Å². The van der Waals surface area contributed by atoms with Crippen molar-refractivity contribution < 1.29 is 9.90 Å². The third kappa shape index (κ3) is 1.54. The summed E-state index contributed by atoms with van der Waals surface area (Å²) >= 11 is 0. The SMILES string of the molecule is Cc1cnc2c(C(=O)O)c(C(C)C)nn2c1. The molecule has 2 aromatic heterocycles. The van der Waals surface area contributed by atoms with Gasteiger partial charge in [0, 0.05) is 12.4 Å². The second-order valence-corrected chi connectivity index (χ2v) is 4.12. The van der Waals surface area contributed by atoms with Crippen LogP contribution in [-0.2, 0) is 0 Å². The van der Waals surface area contributed by atoms with Crippen LogP contribution in [0.1, 0.15) is 41.4 Å². The lowest BCUT2D eigenvalue weighted by Crippen LogP contribution is -2.02. The molecule has 0 aromatic carbocycles. The van der Waals surface area contributed by atoms with E-state index in [1.54, 1.807) is 12.4 Å².